The standard InChI is InChI=1S/4ClH.Pb.Ti.2H/h4*1H;;;;. The molecule has 6 heteroatoms. The van der Waals surface area contributed by atoms with Gasteiger partial charge in [-0.3, -0.25) is 0 Å². The van der Waals surface area contributed by atoms with Gasteiger partial charge in [0, 0.05) is 21.7 Å². The van der Waals surface area contributed by atoms with Crippen LogP contribution in [0.5, 0.6) is 0 Å². The Balaban J connectivity index is 0. The van der Waals surface area contributed by atoms with Crippen LogP contribution in [0.1, 0.15) is 0 Å². The van der Waals surface area contributed by atoms with Crippen LogP contribution in [0.15, 0.2) is 0 Å². The minimum Gasteiger partial charge on any atom is 0 e. The summed E-state index contributed by atoms with van der Waals surface area (Å²) in [6, 6.07) is 0. The van der Waals surface area contributed by atoms with Gasteiger partial charge < -0.3 is 0 Å². The fourth-order valence-electron chi connectivity index (χ4n) is 0. The van der Waals surface area contributed by atoms with Gasteiger partial charge in [-0.1, -0.05) is 0 Å². The number of hydrogen-bond acceptors (Lipinski definition) is 0. The molecule has 0 aliphatic rings. The number of halogens is 4. The second-order valence-electron chi connectivity index (χ2n) is 0. The van der Waals surface area contributed by atoms with Gasteiger partial charge in [0.25, 0.3) is 0 Å². The second-order valence-corrected chi connectivity index (χ2v) is 0. The molecule has 0 aliphatic carbocycles. The molecule has 0 fully saturated rings. The molecular weight excluding hydrogens is 397 g/mol. The molecule has 0 saturated carbocycles. The molecule has 2 radical (unpaired) electrons. The van der Waals surface area contributed by atoms with E-state index in [2.05, 4.69) is 0 Å². The number of rotatable bonds is 0. The maximum absolute atomic E-state index is 0. The van der Waals surface area contributed by atoms with E-state index >= 15 is 0 Å². The first-order chi connectivity index (χ1) is 0. The van der Waals surface area contributed by atoms with E-state index in [0.717, 1.165) is 0 Å². The Bertz CT molecular complexity index is 7.51. The van der Waals surface area contributed by atoms with Crippen LogP contribution in [-0.2, 0) is 21.7 Å². The maximum atomic E-state index is 0. The van der Waals surface area contributed by atoms with Crippen LogP contribution in [0.4, 0.5) is 0 Å². The Morgan fingerprint density at radius 2 is 0.500 bits per heavy atom. The summed E-state index contributed by atoms with van der Waals surface area (Å²) in [5, 5.41) is 0. The molecule has 0 aromatic carbocycles. The van der Waals surface area contributed by atoms with Crippen molar-refractivity contribution in [3.63, 3.8) is 0 Å². The molecule has 0 aromatic heterocycles. The van der Waals surface area contributed by atoms with Crippen LogP contribution >= 0.6 is 49.6 Å². The predicted molar refractivity (Wildman–Crippen MR) is 37.5 cm³/mol. The smallest absolute Gasteiger partial charge is 0 e. The molecule has 0 unspecified atom stereocenters. The van der Waals surface area contributed by atoms with E-state index in [9.17, 15) is 0 Å². The minimum absolute atomic E-state index is 0. The summed E-state index contributed by atoms with van der Waals surface area (Å²) in [5.74, 6) is 0. The summed E-state index contributed by atoms with van der Waals surface area (Å²) < 4.78 is 0. The van der Waals surface area contributed by atoms with E-state index < -0.39 is 0 Å². The topological polar surface area (TPSA) is 0 Å². The summed E-state index contributed by atoms with van der Waals surface area (Å²) in [6.45, 7) is 0. The van der Waals surface area contributed by atoms with Crippen molar-refractivity contribution < 1.29 is 21.7 Å². The third kappa shape index (κ3) is 29.2. The van der Waals surface area contributed by atoms with E-state index in [-0.39, 0.29) is 98.6 Å². The molecule has 0 aliphatic heterocycles. The average molecular weight is 403 g/mol. The second kappa shape index (κ2) is 46.1. The third-order valence-corrected chi connectivity index (χ3v) is 0. The van der Waals surface area contributed by atoms with Gasteiger partial charge in [-0.15, -0.1) is 49.6 Å². The predicted octanol–water partition coefficient (Wildman–Crippen LogP) is 0.768. The molecule has 0 atom stereocenters. The number of hydrogen-bond donors (Lipinski definition) is 0. The van der Waals surface area contributed by atoms with Gasteiger partial charge in [0.2, 0.25) is 0 Å². The first-order valence-electron chi connectivity index (χ1n) is 0. The van der Waals surface area contributed by atoms with Gasteiger partial charge in [0.15, 0.2) is 0 Å². The van der Waals surface area contributed by atoms with Crippen molar-refractivity contribution in [2.24, 2.45) is 0 Å². The van der Waals surface area contributed by atoms with Gasteiger partial charge in [-0.2, -0.15) is 0 Å². The van der Waals surface area contributed by atoms with Crippen LogP contribution in [0.3, 0.4) is 0 Å². The SMILES string of the molecule is Cl.Cl.Cl.Cl.[PbH2].[Ti]. The molecule has 6 heavy (non-hydrogen) atoms. The Kier molecular flexibility index (Phi) is 525. The Labute approximate surface area is 97.3 Å². The van der Waals surface area contributed by atoms with Crippen LogP contribution in [0.2, 0.25) is 0 Å². The van der Waals surface area contributed by atoms with Crippen molar-refractivity contribution in [2.75, 3.05) is 0 Å². The largest absolute Gasteiger partial charge is 0 e. The quantitative estimate of drug-likeness (QED) is 0.525. The van der Waals surface area contributed by atoms with E-state index in [0.29, 0.717) is 0 Å². The molecular formula is H6Cl4PbTi. The van der Waals surface area contributed by atoms with E-state index in [1.54, 1.807) is 0 Å². The Morgan fingerprint density at radius 1 is 0.500 bits per heavy atom. The zero-order valence-corrected chi connectivity index (χ0v) is 13.2. The van der Waals surface area contributed by atoms with Crippen LogP contribution in [0.25, 0.3) is 0 Å². The summed E-state index contributed by atoms with van der Waals surface area (Å²) in [7, 11) is 0. The summed E-state index contributed by atoms with van der Waals surface area (Å²) in [4.78, 5) is 0. The minimum atomic E-state index is 0. The normalized spacial score (nSPS) is 0. The van der Waals surface area contributed by atoms with Crippen LogP contribution in [0, 0.1) is 0 Å². The molecule has 0 bridgehead atoms. The molecule has 0 amide bonds. The van der Waals surface area contributed by atoms with Crippen molar-refractivity contribution in [2.45, 2.75) is 0 Å². The Hall–Kier alpha value is 2.80. The monoisotopic (exact) mass is 402 g/mol. The van der Waals surface area contributed by atoms with Crippen molar-refractivity contribution >= 4 is 76.9 Å². The maximum Gasteiger partial charge on any atom is 0 e. The van der Waals surface area contributed by atoms with Crippen LogP contribution < -0.4 is 0 Å². The molecule has 0 rings (SSSR count). The van der Waals surface area contributed by atoms with Crippen molar-refractivity contribution in [3.05, 3.63) is 0 Å². The van der Waals surface area contributed by atoms with E-state index in [4.69, 9.17) is 0 Å². The van der Waals surface area contributed by atoms with Gasteiger partial charge in [0.05, 0.1) is 0 Å². The van der Waals surface area contributed by atoms with Gasteiger partial charge in [-0.05, 0) is 0 Å². The molecule has 0 nitrogen and oxygen atoms in total. The Morgan fingerprint density at radius 3 is 0.500 bits per heavy atom. The zero-order chi connectivity index (χ0) is 0. The van der Waals surface area contributed by atoms with Crippen LogP contribution in [-0.4, -0.2) is 27.3 Å². The molecule has 0 heterocycles. The summed E-state index contributed by atoms with van der Waals surface area (Å²) in [6.07, 6.45) is 0. The van der Waals surface area contributed by atoms with Crippen molar-refractivity contribution in [1.29, 1.82) is 0 Å². The molecule has 0 saturated heterocycles. The molecule has 0 aromatic rings. The van der Waals surface area contributed by atoms with Crippen molar-refractivity contribution in [3.8, 4) is 0 Å². The summed E-state index contributed by atoms with van der Waals surface area (Å²) >= 11 is 0. The van der Waals surface area contributed by atoms with E-state index in [1.165, 1.54) is 0 Å². The van der Waals surface area contributed by atoms with Gasteiger partial charge in [0.1, 0.15) is 0 Å². The van der Waals surface area contributed by atoms with Crippen molar-refractivity contribution in [1.82, 2.24) is 0 Å². The van der Waals surface area contributed by atoms with Gasteiger partial charge >= 0.3 is 27.3 Å². The fraction of sp³-hybridized carbons (Fsp3) is 0. The summed E-state index contributed by atoms with van der Waals surface area (Å²) in [5.41, 5.74) is 0. The van der Waals surface area contributed by atoms with E-state index in [1.807, 2.05) is 0 Å². The molecule has 42 valence electrons. The molecule has 0 N–H and O–H groups in total. The first kappa shape index (κ1) is 68.4. The average Bonchev–Trinajstić information content (AvgIpc) is 0. The fourth-order valence-corrected chi connectivity index (χ4v) is 0. The molecule has 0 spiro atoms. The third-order valence-electron chi connectivity index (χ3n) is 0. The zero-order valence-electron chi connectivity index (χ0n) is 2.84. The van der Waals surface area contributed by atoms with Gasteiger partial charge in [-0.25, -0.2) is 0 Å². The first-order valence-corrected chi connectivity index (χ1v) is 0.